The summed E-state index contributed by atoms with van der Waals surface area (Å²) in [6, 6.07) is 16.5. The normalized spacial score (nSPS) is 13.0. The van der Waals surface area contributed by atoms with Gasteiger partial charge in [0.25, 0.3) is 0 Å². The van der Waals surface area contributed by atoms with Gasteiger partial charge in [-0.2, -0.15) is 0 Å². The van der Waals surface area contributed by atoms with E-state index in [0.29, 0.717) is 0 Å². The molecule has 0 heterocycles. The van der Waals surface area contributed by atoms with Crippen molar-refractivity contribution in [3.63, 3.8) is 0 Å². The topological polar surface area (TPSA) is 59.6 Å². The first kappa shape index (κ1) is 25.6. The number of carbonyl (C=O) groups excluding carboxylic acids is 1. The largest absolute Gasteiger partial charge is 0.491 e. The van der Waals surface area contributed by atoms with Crippen molar-refractivity contribution in [1.29, 1.82) is 0 Å². The van der Waals surface area contributed by atoms with E-state index in [4.69, 9.17) is 9.47 Å². The van der Waals surface area contributed by atoms with Gasteiger partial charge in [0.2, 0.25) is 0 Å². The van der Waals surface area contributed by atoms with Gasteiger partial charge in [0.15, 0.2) is 0 Å². The van der Waals surface area contributed by atoms with Gasteiger partial charge in [-0.1, -0.05) is 24.3 Å². The number of hydrogen-bond donors (Lipinski definition) is 2. The third kappa shape index (κ3) is 10.1. The Bertz CT molecular complexity index is 733. The second kappa shape index (κ2) is 13.0. The van der Waals surface area contributed by atoms with Crippen LogP contribution in [-0.4, -0.2) is 30.3 Å². The van der Waals surface area contributed by atoms with Crippen molar-refractivity contribution in [3.8, 4) is 11.5 Å². The summed E-state index contributed by atoms with van der Waals surface area (Å²) in [6.07, 6.45) is 3.95. The highest BCUT2D eigenvalue weighted by atomic mass is 16.5. The molecule has 2 aromatic rings. The summed E-state index contributed by atoms with van der Waals surface area (Å²) in [5.74, 6) is 1.78. The SMILES string of the molecule is CC(C)Oc1ccc(CC[C@H](C)NC(=O)N[C@@H](C)CCc2ccc(OC(C)C)cc2)cc1. The number of carbonyl (C=O) groups is 1. The Morgan fingerprint density at radius 1 is 0.656 bits per heavy atom. The maximum atomic E-state index is 12.3. The molecule has 0 spiro atoms. The lowest BCUT2D eigenvalue weighted by Crippen LogP contribution is -2.44. The number of benzene rings is 2. The smallest absolute Gasteiger partial charge is 0.315 e. The van der Waals surface area contributed by atoms with Gasteiger partial charge >= 0.3 is 6.03 Å². The van der Waals surface area contributed by atoms with E-state index in [1.165, 1.54) is 11.1 Å². The molecule has 0 saturated heterocycles. The van der Waals surface area contributed by atoms with Crippen LogP contribution >= 0.6 is 0 Å². The Morgan fingerprint density at radius 2 is 1.00 bits per heavy atom. The van der Waals surface area contributed by atoms with Crippen LogP contribution in [0, 0.1) is 0 Å². The predicted octanol–water partition coefficient (Wildman–Crippen LogP) is 5.90. The van der Waals surface area contributed by atoms with Crippen LogP contribution in [0.1, 0.15) is 65.5 Å². The van der Waals surface area contributed by atoms with Crippen molar-refractivity contribution in [1.82, 2.24) is 10.6 Å². The minimum atomic E-state index is -0.105. The summed E-state index contributed by atoms with van der Waals surface area (Å²) >= 11 is 0. The van der Waals surface area contributed by atoms with Crippen molar-refractivity contribution < 1.29 is 14.3 Å². The van der Waals surface area contributed by atoms with Crippen molar-refractivity contribution in [2.24, 2.45) is 0 Å². The number of rotatable bonds is 12. The molecule has 0 aliphatic rings. The molecule has 0 aromatic heterocycles. The lowest BCUT2D eigenvalue weighted by atomic mass is 10.1. The number of nitrogens with one attached hydrogen (secondary N) is 2. The maximum Gasteiger partial charge on any atom is 0.315 e. The molecular weight excluding hydrogens is 400 g/mol. The fraction of sp³-hybridized carbons (Fsp3) is 0.519. The van der Waals surface area contributed by atoms with Crippen LogP contribution in [0.25, 0.3) is 0 Å². The third-order valence-electron chi connectivity index (χ3n) is 5.08. The van der Waals surface area contributed by atoms with Gasteiger partial charge in [0.1, 0.15) is 11.5 Å². The van der Waals surface area contributed by atoms with E-state index in [0.717, 1.165) is 37.2 Å². The van der Waals surface area contributed by atoms with E-state index < -0.39 is 0 Å². The molecule has 0 aliphatic heterocycles. The Labute approximate surface area is 193 Å². The number of hydrogen-bond acceptors (Lipinski definition) is 3. The predicted molar refractivity (Wildman–Crippen MR) is 132 cm³/mol. The summed E-state index contributed by atoms with van der Waals surface area (Å²) < 4.78 is 11.4. The zero-order valence-corrected chi connectivity index (χ0v) is 20.5. The highest BCUT2D eigenvalue weighted by Gasteiger charge is 2.11. The van der Waals surface area contributed by atoms with Crippen molar-refractivity contribution in [2.75, 3.05) is 0 Å². The minimum Gasteiger partial charge on any atom is -0.491 e. The van der Waals surface area contributed by atoms with Crippen LogP contribution < -0.4 is 20.1 Å². The molecular formula is C27H40N2O3. The third-order valence-corrected chi connectivity index (χ3v) is 5.08. The average molecular weight is 441 g/mol. The van der Waals surface area contributed by atoms with Crippen LogP contribution in [0.3, 0.4) is 0 Å². The molecule has 32 heavy (non-hydrogen) atoms. The van der Waals surface area contributed by atoms with E-state index in [-0.39, 0.29) is 30.3 Å². The molecule has 0 saturated carbocycles. The van der Waals surface area contributed by atoms with E-state index in [2.05, 4.69) is 34.9 Å². The monoisotopic (exact) mass is 440 g/mol. The molecule has 5 heteroatoms. The highest BCUT2D eigenvalue weighted by Crippen LogP contribution is 2.16. The van der Waals surface area contributed by atoms with Crippen molar-refractivity contribution in [2.45, 2.75) is 91.5 Å². The van der Waals surface area contributed by atoms with Gasteiger partial charge in [-0.3, -0.25) is 0 Å². The summed E-state index contributed by atoms with van der Waals surface area (Å²) in [7, 11) is 0. The molecule has 2 atom stereocenters. The molecule has 2 rings (SSSR count). The zero-order valence-electron chi connectivity index (χ0n) is 20.5. The van der Waals surface area contributed by atoms with Gasteiger partial charge in [-0.15, -0.1) is 0 Å². The Kier molecular flexibility index (Phi) is 10.4. The number of amides is 2. The van der Waals surface area contributed by atoms with Crippen LogP contribution in [0.2, 0.25) is 0 Å². The maximum absolute atomic E-state index is 12.3. The van der Waals surface area contributed by atoms with Gasteiger partial charge in [-0.05, 0) is 103 Å². The Hall–Kier alpha value is -2.69. The second-order valence-corrected chi connectivity index (χ2v) is 9.12. The summed E-state index contributed by atoms with van der Waals surface area (Å²) in [6.45, 7) is 12.2. The molecule has 0 fully saturated rings. The van der Waals surface area contributed by atoms with Crippen LogP contribution in [-0.2, 0) is 12.8 Å². The lowest BCUT2D eigenvalue weighted by molar-refractivity contribution is 0.233. The van der Waals surface area contributed by atoms with E-state index in [9.17, 15) is 4.79 Å². The summed E-state index contributed by atoms with van der Waals surface area (Å²) in [5.41, 5.74) is 2.49. The summed E-state index contributed by atoms with van der Waals surface area (Å²) in [4.78, 5) is 12.3. The molecule has 0 bridgehead atoms. The van der Waals surface area contributed by atoms with Crippen LogP contribution in [0.5, 0.6) is 11.5 Å². The molecule has 176 valence electrons. The first-order valence-electron chi connectivity index (χ1n) is 11.8. The van der Waals surface area contributed by atoms with Crippen LogP contribution in [0.15, 0.2) is 48.5 Å². The first-order valence-corrected chi connectivity index (χ1v) is 11.8. The summed E-state index contributed by atoms with van der Waals surface area (Å²) in [5, 5.41) is 6.10. The Balaban J connectivity index is 1.66. The molecule has 0 radical (unpaired) electrons. The fourth-order valence-corrected chi connectivity index (χ4v) is 3.41. The zero-order chi connectivity index (χ0) is 23.5. The van der Waals surface area contributed by atoms with E-state index >= 15 is 0 Å². The van der Waals surface area contributed by atoms with Gasteiger partial charge in [0.05, 0.1) is 12.2 Å². The van der Waals surface area contributed by atoms with Crippen molar-refractivity contribution >= 4 is 6.03 Å². The highest BCUT2D eigenvalue weighted by molar-refractivity contribution is 5.74. The molecule has 2 amide bonds. The fourth-order valence-electron chi connectivity index (χ4n) is 3.41. The number of aryl methyl sites for hydroxylation is 2. The molecule has 0 unspecified atom stereocenters. The second-order valence-electron chi connectivity index (χ2n) is 9.12. The van der Waals surface area contributed by atoms with Gasteiger partial charge in [-0.25, -0.2) is 4.79 Å². The standard InChI is InChI=1S/C27H40N2O3/c1-19(2)31-25-15-11-23(12-16-25)9-7-21(5)28-27(30)29-22(6)8-10-24-13-17-26(18-14-24)32-20(3)4/h11-22H,7-10H2,1-6H3,(H2,28,29,30)/t21-,22-/m0/s1. The quantitative estimate of drug-likeness (QED) is 0.432. The lowest BCUT2D eigenvalue weighted by Gasteiger charge is -2.18. The number of ether oxygens (including phenoxy) is 2. The number of urea groups is 1. The molecule has 2 N–H and O–H groups in total. The van der Waals surface area contributed by atoms with Gasteiger partial charge < -0.3 is 20.1 Å². The van der Waals surface area contributed by atoms with E-state index in [1.807, 2.05) is 65.8 Å². The minimum absolute atomic E-state index is 0.0993. The molecule has 0 aliphatic carbocycles. The average Bonchev–Trinajstić information content (AvgIpc) is 2.72. The molecule has 2 aromatic carbocycles. The van der Waals surface area contributed by atoms with Gasteiger partial charge in [0, 0.05) is 12.1 Å². The van der Waals surface area contributed by atoms with E-state index in [1.54, 1.807) is 0 Å². The van der Waals surface area contributed by atoms with Crippen LogP contribution in [0.4, 0.5) is 4.79 Å². The first-order chi connectivity index (χ1) is 15.2. The van der Waals surface area contributed by atoms with Crippen molar-refractivity contribution in [3.05, 3.63) is 59.7 Å². The molecule has 5 nitrogen and oxygen atoms in total. The Morgan fingerprint density at radius 3 is 1.31 bits per heavy atom.